The van der Waals surface area contributed by atoms with Gasteiger partial charge in [0.15, 0.2) is 0 Å². The van der Waals surface area contributed by atoms with Gasteiger partial charge in [0.05, 0.1) is 17.7 Å². The maximum Gasteiger partial charge on any atom is 0.147 e. The van der Waals surface area contributed by atoms with Crippen molar-refractivity contribution in [3.63, 3.8) is 0 Å². The quantitative estimate of drug-likeness (QED) is 0.851. The predicted molar refractivity (Wildman–Crippen MR) is 62.1 cm³/mol. The Morgan fingerprint density at radius 1 is 1.60 bits per heavy atom. The van der Waals surface area contributed by atoms with E-state index < -0.39 is 9.84 Å². The van der Waals surface area contributed by atoms with Crippen molar-refractivity contribution in [2.75, 3.05) is 19.1 Å². The van der Waals surface area contributed by atoms with Gasteiger partial charge in [0.25, 0.3) is 0 Å². The van der Waals surface area contributed by atoms with E-state index in [0.717, 1.165) is 10.6 Å². The monoisotopic (exact) mass is 249 g/mol. The lowest BCUT2D eigenvalue weighted by Crippen LogP contribution is -2.15. The second-order valence-corrected chi connectivity index (χ2v) is 6.59. The van der Waals surface area contributed by atoms with Crippen LogP contribution < -0.4 is 10.5 Å². The fourth-order valence-corrected chi connectivity index (χ4v) is 2.80. The minimum atomic E-state index is -2.95. The fourth-order valence-electron chi connectivity index (χ4n) is 1.22. The van der Waals surface area contributed by atoms with E-state index in [0.29, 0.717) is 6.42 Å². The molecule has 0 aliphatic heterocycles. The molecular formula is C9H15NO3S2. The van der Waals surface area contributed by atoms with E-state index >= 15 is 0 Å². The first kappa shape index (κ1) is 12.5. The minimum absolute atomic E-state index is 0.106. The van der Waals surface area contributed by atoms with Gasteiger partial charge in [-0.2, -0.15) is 0 Å². The highest BCUT2D eigenvalue weighted by molar-refractivity contribution is 7.90. The Hall–Kier alpha value is -0.590. The van der Waals surface area contributed by atoms with Crippen molar-refractivity contribution in [1.29, 1.82) is 0 Å². The maximum atomic E-state index is 11.0. The second-order valence-electron chi connectivity index (χ2n) is 3.38. The number of nitrogens with two attached hydrogens (primary N) is 1. The summed E-state index contributed by atoms with van der Waals surface area (Å²) in [7, 11) is -1.37. The molecule has 0 radical (unpaired) electrons. The predicted octanol–water partition coefficient (Wildman–Crippen LogP) is 1.19. The molecule has 1 atom stereocenters. The second kappa shape index (κ2) is 4.96. The van der Waals surface area contributed by atoms with Crippen LogP contribution in [0.25, 0.3) is 0 Å². The molecule has 0 fully saturated rings. The van der Waals surface area contributed by atoms with Crippen molar-refractivity contribution < 1.29 is 13.2 Å². The van der Waals surface area contributed by atoms with Gasteiger partial charge in [-0.05, 0) is 17.9 Å². The summed E-state index contributed by atoms with van der Waals surface area (Å²) in [4.78, 5) is 0.904. The van der Waals surface area contributed by atoms with Gasteiger partial charge in [-0.25, -0.2) is 8.42 Å². The van der Waals surface area contributed by atoms with Gasteiger partial charge < -0.3 is 10.5 Å². The van der Waals surface area contributed by atoms with E-state index in [1.165, 1.54) is 17.6 Å². The van der Waals surface area contributed by atoms with Crippen LogP contribution in [0.3, 0.4) is 0 Å². The highest BCUT2D eigenvalue weighted by Crippen LogP contribution is 2.31. The zero-order valence-electron chi connectivity index (χ0n) is 8.76. The van der Waals surface area contributed by atoms with Crippen molar-refractivity contribution in [2.24, 2.45) is 5.73 Å². The van der Waals surface area contributed by atoms with Crippen LogP contribution in [0, 0.1) is 0 Å². The van der Waals surface area contributed by atoms with E-state index in [1.807, 2.05) is 11.4 Å². The fraction of sp³-hybridized carbons (Fsp3) is 0.556. The van der Waals surface area contributed by atoms with E-state index in [9.17, 15) is 8.42 Å². The van der Waals surface area contributed by atoms with Gasteiger partial charge in [0.2, 0.25) is 0 Å². The van der Waals surface area contributed by atoms with Crippen LogP contribution in [0.1, 0.15) is 17.3 Å². The summed E-state index contributed by atoms with van der Waals surface area (Å²) in [5, 5.41) is 1.88. The van der Waals surface area contributed by atoms with Crippen LogP contribution in [0.5, 0.6) is 5.75 Å². The summed E-state index contributed by atoms with van der Waals surface area (Å²) in [5.41, 5.74) is 5.89. The first-order valence-electron chi connectivity index (χ1n) is 4.48. The molecule has 4 nitrogen and oxygen atoms in total. The Bertz CT molecular complexity index is 411. The maximum absolute atomic E-state index is 11.0. The Balaban J connectivity index is 2.65. The van der Waals surface area contributed by atoms with Crippen molar-refractivity contribution in [1.82, 2.24) is 0 Å². The highest BCUT2D eigenvalue weighted by Gasteiger charge is 2.15. The molecule has 0 bridgehead atoms. The topological polar surface area (TPSA) is 69.4 Å². The summed E-state index contributed by atoms with van der Waals surface area (Å²) in [6.07, 6.45) is 1.64. The normalized spacial score (nSPS) is 13.8. The summed E-state index contributed by atoms with van der Waals surface area (Å²) in [6, 6.07) is 1.56. The lowest BCUT2D eigenvalue weighted by molar-refractivity contribution is 0.408. The average Bonchev–Trinajstić information content (AvgIpc) is 2.60. The number of thiophene rings is 1. The van der Waals surface area contributed by atoms with Gasteiger partial charge in [0.1, 0.15) is 15.6 Å². The SMILES string of the molecule is COc1ccsc1C(N)CCS(C)(=O)=O. The Kier molecular flexibility index (Phi) is 4.12. The number of hydrogen-bond acceptors (Lipinski definition) is 5. The Morgan fingerprint density at radius 2 is 2.27 bits per heavy atom. The summed E-state index contributed by atoms with van der Waals surface area (Å²) >= 11 is 1.49. The molecular weight excluding hydrogens is 234 g/mol. The average molecular weight is 249 g/mol. The van der Waals surface area contributed by atoms with E-state index in [-0.39, 0.29) is 11.8 Å². The molecule has 0 aliphatic rings. The van der Waals surface area contributed by atoms with Gasteiger partial charge in [-0.1, -0.05) is 0 Å². The first-order chi connectivity index (χ1) is 6.94. The molecule has 0 saturated heterocycles. The number of ether oxygens (including phenoxy) is 1. The lowest BCUT2D eigenvalue weighted by Gasteiger charge is -2.10. The number of rotatable bonds is 5. The molecule has 0 amide bonds. The zero-order valence-corrected chi connectivity index (χ0v) is 10.4. The molecule has 86 valence electrons. The molecule has 0 aromatic carbocycles. The zero-order chi connectivity index (χ0) is 11.5. The van der Waals surface area contributed by atoms with Crippen molar-refractivity contribution in [2.45, 2.75) is 12.5 Å². The molecule has 1 aromatic heterocycles. The van der Waals surface area contributed by atoms with Crippen LogP contribution >= 0.6 is 11.3 Å². The molecule has 0 aliphatic carbocycles. The largest absolute Gasteiger partial charge is 0.496 e. The summed E-state index contributed by atoms with van der Waals surface area (Å²) in [5.74, 6) is 0.843. The third-order valence-corrected chi connectivity index (χ3v) is 4.02. The molecule has 2 N–H and O–H groups in total. The van der Waals surface area contributed by atoms with Crippen LogP contribution in [0.15, 0.2) is 11.4 Å². The van der Waals surface area contributed by atoms with E-state index in [4.69, 9.17) is 10.5 Å². The summed E-state index contributed by atoms with van der Waals surface area (Å²) in [6.45, 7) is 0. The summed E-state index contributed by atoms with van der Waals surface area (Å²) < 4.78 is 27.1. The van der Waals surface area contributed by atoms with Gasteiger partial charge in [-0.15, -0.1) is 11.3 Å². The first-order valence-corrected chi connectivity index (χ1v) is 7.42. The van der Waals surface area contributed by atoms with Gasteiger partial charge in [-0.3, -0.25) is 0 Å². The van der Waals surface area contributed by atoms with Gasteiger partial charge in [0, 0.05) is 12.3 Å². The van der Waals surface area contributed by atoms with Gasteiger partial charge >= 0.3 is 0 Å². The molecule has 1 aromatic rings. The smallest absolute Gasteiger partial charge is 0.147 e. The van der Waals surface area contributed by atoms with Crippen LogP contribution in [-0.4, -0.2) is 27.5 Å². The van der Waals surface area contributed by atoms with Crippen LogP contribution in [0.4, 0.5) is 0 Å². The minimum Gasteiger partial charge on any atom is -0.496 e. The Labute approximate surface area is 94.0 Å². The molecule has 1 unspecified atom stereocenters. The van der Waals surface area contributed by atoms with E-state index in [1.54, 1.807) is 7.11 Å². The number of methoxy groups -OCH3 is 1. The number of hydrogen-bond donors (Lipinski definition) is 1. The Morgan fingerprint density at radius 3 is 2.80 bits per heavy atom. The standard InChI is InChI=1S/C9H15NO3S2/c1-13-8-3-5-14-9(8)7(10)4-6-15(2,11)12/h3,5,7H,4,6,10H2,1-2H3. The molecule has 1 rings (SSSR count). The molecule has 0 spiro atoms. The lowest BCUT2D eigenvalue weighted by atomic mass is 10.2. The van der Waals surface area contributed by atoms with Crippen LogP contribution in [-0.2, 0) is 9.84 Å². The highest BCUT2D eigenvalue weighted by atomic mass is 32.2. The molecule has 1 heterocycles. The van der Waals surface area contributed by atoms with Crippen LogP contribution in [0.2, 0.25) is 0 Å². The molecule has 6 heteroatoms. The third kappa shape index (κ3) is 3.81. The number of sulfone groups is 1. The van der Waals surface area contributed by atoms with Crippen molar-refractivity contribution >= 4 is 21.2 Å². The molecule has 15 heavy (non-hydrogen) atoms. The van der Waals surface area contributed by atoms with E-state index in [2.05, 4.69) is 0 Å². The molecule has 0 saturated carbocycles. The third-order valence-electron chi connectivity index (χ3n) is 2.01. The van der Waals surface area contributed by atoms with Crippen molar-refractivity contribution in [3.8, 4) is 5.75 Å². The van der Waals surface area contributed by atoms with Crippen molar-refractivity contribution in [3.05, 3.63) is 16.3 Å².